The van der Waals surface area contributed by atoms with Gasteiger partial charge in [0.05, 0.1) is 14.9 Å². The summed E-state index contributed by atoms with van der Waals surface area (Å²) in [5.74, 6) is 0. The molecule has 1 N–H and O–H groups in total. The van der Waals surface area contributed by atoms with Crippen LogP contribution < -0.4 is 4.72 Å². The van der Waals surface area contributed by atoms with Gasteiger partial charge in [-0.05, 0) is 41.3 Å². The number of nitrogens with one attached hydrogen (secondary N) is 1. The second-order valence-corrected chi connectivity index (χ2v) is 8.89. The van der Waals surface area contributed by atoms with E-state index in [9.17, 15) is 8.42 Å². The largest absolute Gasteiger partial charge is 0.381 e. The Bertz CT molecular complexity index is 512. The summed E-state index contributed by atoms with van der Waals surface area (Å²) in [6, 6.07) is 1.40. The van der Waals surface area contributed by atoms with Crippen LogP contribution in [-0.2, 0) is 14.8 Å². The molecule has 0 aromatic carbocycles. The van der Waals surface area contributed by atoms with E-state index in [2.05, 4.69) is 20.7 Å². The molecule has 18 heavy (non-hydrogen) atoms. The fourth-order valence-corrected chi connectivity index (χ4v) is 5.70. The van der Waals surface area contributed by atoms with Gasteiger partial charge in [0.1, 0.15) is 4.21 Å². The molecule has 1 aromatic rings. The van der Waals surface area contributed by atoms with Crippen LogP contribution in [-0.4, -0.2) is 27.7 Å². The number of hydrogen-bond acceptors (Lipinski definition) is 4. The highest BCUT2D eigenvalue weighted by Crippen LogP contribution is 2.35. The number of thiophene rings is 1. The molecule has 8 heteroatoms. The lowest BCUT2D eigenvalue weighted by Gasteiger charge is -2.12. The summed E-state index contributed by atoms with van der Waals surface area (Å²) >= 11 is 10.2. The number of ether oxygens (including phenoxy) is 1. The number of rotatable bonds is 4. The van der Waals surface area contributed by atoms with Crippen molar-refractivity contribution in [1.29, 1.82) is 0 Å². The summed E-state index contributed by atoms with van der Waals surface area (Å²) < 4.78 is 33.0. The van der Waals surface area contributed by atoms with Crippen molar-refractivity contribution in [3.05, 3.63) is 14.9 Å². The van der Waals surface area contributed by atoms with Gasteiger partial charge in [-0.3, -0.25) is 0 Å². The van der Waals surface area contributed by atoms with Crippen LogP contribution in [0.2, 0.25) is 5.02 Å². The van der Waals surface area contributed by atoms with Gasteiger partial charge in [-0.15, -0.1) is 11.3 Å². The van der Waals surface area contributed by atoms with E-state index in [0.717, 1.165) is 30.6 Å². The topological polar surface area (TPSA) is 55.4 Å². The summed E-state index contributed by atoms with van der Waals surface area (Å²) in [6.45, 7) is 0. The van der Waals surface area contributed by atoms with E-state index in [1.165, 1.54) is 6.07 Å². The van der Waals surface area contributed by atoms with E-state index in [1.807, 2.05) is 0 Å². The normalized spacial score (nSPS) is 24.6. The quantitative estimate of drug-likeness (QED) is 0.881. The molecule has 2 rings (SSSR count). The number of sulfonamides is 1. The second-order valence-electron chi connectivity index (χ2n) is 4.18. The molecule has 102 valence electrons. The van der Waals surface area contributed by atoms with Crippen molar-refractivity contribution in [1.82, 2.24) is 4.72 Å². The molecular formula is C10H13BrClNO3S2. The minimum atomic E-state index is -3.48. The summed E-state index contributed by atoms with van der Waals surface area (Å²) in [4.78, 5) is 0. The second kappa shape index (κ2) is 5.76. The van der Waals surface area contributed by atoms with E-state index < -0.39 is 10.0 Å². The molecule has 0 amide bonds. The standard InChI is InChI=1S/C10H13BrClNO3S2/c1-16-7-3-2-6(4-7)13-18(14,15)9-5-8(12)10(11)17-9/h5-7,13H,2-4H2,1H3. The Morgan fingerprint density at radius 1 is 1.56 bits per heavy atom. The molecule has 0 saturated heterocycles. The fraction of sp³-hybridized carbons (Fsp3) is 0.600. The van der Waals surface area contributed by atoms with Crippen LogP contribution in [0.5, 0.6) is 0 Å². The molecule has 4 nitrogen and oxygen atoms in total. The van der Waals surface area contributed by atoms with Crippen LogP contribution in [0.1, 0.15) is 19.3 Å². The van der Waals surface area contributed by atoms with Gasteiger partial charge in [0.2, 0.25) is 10.0 Å². The molecule has 1 saturated carbocycles. The Hall–Kier alpha value is 0.340. The van der Waals surface area contributed by atoms with E-state index in [4.69, 9.17) is 16.3 Å². The van der Waals surface area contributed by atoms with Crippen molar-refractivity contribution in [2.24, 2.45) is 0 Å². The van der Waals surface area contributed by atoms with Crippen LogP contribution in [0.4, 0.5) is 0 Å². The minimum Gasteiger partial charge on any atom is -0.381 e. The first-order valence-electron chi connectivity index (χ1n) is 5.42. The maximum absolute atomic E-state index is 12.1. The summed E-state index contributed by atoms with van der Waals surface area (Å²) in [6.07, 6.45) is 2.56. The predicted molar refractivity (Wildman–Crippen MR) is 75.8 cm³/mol. The van der Waals surface area contributed by atoms with E-state index in [-0.39, 0.29) is 16.4 Å². The molecule has 0 radical (unpaired) electrons. The van der Waals surface area contributed by atoms with Crippen molar-refractivity contribution in [2.75, 3.05) is 7.11 Å². The highest BCUT2D eigenvalue weighted by atomic mass is 79.9. The van der Waals surface area contributed by atoms with Crippen molar-refractivity contribution in [2.45, 2.75) is 35.6 Å². The van der Waals surface area contributed by atoms with Gasteiger partial charge in [-0.2, -0.15) is 0 Å². The van der Waals surface area contributed by atoms with Crippen molar-refractivity contribution >= 4 is 48.9 Å². The van der Waals surface area contributed by atoms with Crippen LogP contribution >= 0.6 is 38.9 Å². The van der Waals surface area contributed by atoms with Crippen molar-refractivity contribution in [3.63, 3.8) is 0 Å². The first kappa shape index (κ1) is 14.7. The highest BCUT2D eigenvalue weighted by molar-refractivity contribution is 9.11. The fourth-order valence-electron chi connectivity index (χ4n) is 2.00. The summed E-state index contributed by atoms with van der Waals surface area (Å²) in [7, 11) is -1.83. The minimum absolute atomic E-state index is 0.0559. The van der Waals surface area contributed by atoms with Crippen LogP contribution in [0, 0.1) is 0 Å². The summed E-state index contributed by atoms with van der Waals surface area (Å²) in [5.41, 5.74) is 0. The predicted octanol–water partition coefficient (Wildman–Crippen LogP) is 3.01. The van der Waals surface area contributed by atoms with Crippen LogP contribution in [0.25, 0.3) is 0 Å². The lowest BCUT2D eigenvalue weighted by atomic mass is 10.3. The Morgan fingerprint density at radius 2 is 2.28 bits per heavy atom. The molecule has 0 spiro atoms. The van der Waals surface area contributed by atoms with Gasteiger partial charge in [0.25, 0.3) is 0 Å². The molecule has 1 aliphatic carbocycles. The third-order valence-corrected chi connectivity index (χ3v) is 7.40. The molecule has 1 heterocycles. The molecule has 2 atom stereocenters. The zero-order valence-corrected chi connectivity index (χ0v) is 13.6. The van der Waals surface area contributed by atoms with Crippen LogP contribution in [0.15, 0.2) is 14.1 Å². The monoisotopic (exact) mass is 373 g/mol. The lowest BCUT2D eigenvalue weighted by molar-refractivity contribution is 0.107. The smallest absolute Gasteiger partial charge is 0.250 e. The third kappa shape index (κ3) is 3.26. The average Bonchev–Trinajstić information content (AvgIpc) is 2.87. The lowest BCUT2D eigenvalue weighted by Crippen LogP contribution is -2.32. The zero-order valence-electron chi connectivity index (χ0n) is 9.65. The Morgan fingerprint density at radius 3 is 2.78 bits per heavy atom. The molecule has 0 aliphatic heterocycles. The average molecular weight is 375 g/mol. The van der Waals surface area contributed by atoms with Gasteiger partial charge in [-0.25, -0.2) is 13.1 Å². The molecule has 1 fully saturated rings. The number of methoxy groups -OCH3 is 1. The number of halogens is 2. The van der Waals surface area contributed by atoms with Crippen molar-refractivity contribution in [3.8, 4) is 0 Å². The Balaban J connectivity index is 2.08. The molecule has 1 aliphatic rings. The van der Waals surface area contributed by atoms with Gasteiger partial charge in [0.15, 0.2) is 0 Å². The van der Waals surface area contributed by atoms with Crippen molar-refractivity contribution < 1.29 is 13.2 Å². The van der Waals surface area contributed by atoms with Gasteiger partial charge >= 0.3 is 0 Å². The summed E-state index contributed by atoms with van der Waals surface area (Å²) in [5, 5.41) is 0.418. The Kier molecular flexibility index (Phi) is 4.72. The molecule has 2 unspecified atom stereocenters. The maximum atomic E-state index is 12.1. The van der Waals surface area contributed by atoms with Gasteiger partial charge in [0, 0.05) is 13.2 Å². The van der Waals surface area contributed by atoms with E-state index in [1.54, 1.807) is 7.11 Å². The maximum Gasteiger partial charge on any atom is 0.250 e. The first-order valence-corrected chi connectivity index (χ1v) is 8.89. The van der Waals surface area contributed by atoms with Gasteiger partial charge < -0.3 is 4.74 Å². The Labute approximate surface area is 124 Å². The van der Waals surface area contributed by atoms with Gasteiger partial charge in [-0.1, -0.05) is 11.6 Å². The number of hydrogen-bond donors (Lipinski definition) is 1. The van der Waals surface area contributed by atoms with E-state index >= 15 is 0 Å². The highest BCUT2D eigenvalue weighted by Gasteiger charge is 2.29. The van der Waals surface area contributed by atoms with E-state index in [0.29, 0.717) is 8.81 Å². The zero-order chi connectivity index (χ0) is 13.3. The molecule has 1 aromatic heterocycles. The first-order chi connectivity index (χ1) is 8.42. The molecular weight excluding hydrogens is 362 g/mol. The van der Waals surface area contributed by atoms with Crippen LogP contribution in [0.3, 0.4) is 0 Å². The third-order valence-electron chi connectivity index (χ3n) is 2.93. The molecule has 0 bridgehead atoms. The SMILES string of the molecule is COC1CCC(NS(=O)(=O)c2cc(Cl)c(Br)s2)C1.